The topological polar surface area (TPSA) is 70.4 Å². The molecular weight excluding hydrogens is 206 g/mol. The minimum atomic E-state index is -1.04. The van der Waals surface area contributed by atoms with Crippen molar-refractivity contribution < 1.29 is 15.0 Å². The summed E-state index contributed by atoms with van der Waals surface area (Å²) in [6.07, 6.45) is 1.82. The number of hydrogen-bond donors (Lipinski definition) is 2. The fraction of sp³-hybridized carbons (Fsp3) is 0.500. The van der Waals surface area contributed by atoms with E-state index in [-0.39, 0.29) is 17.7 Å². The zero-order valence-electron chi connectivity index (χ0n) is 9.45. The van der Waals surface area contributed by atoms with Gasteiger partial charge < -0.3 is 10.2 Å². The van der Waals surface area contributed by atoms with E-state index in [0.29, 0.717) is 5.56 Å². The number of carboxylic acid groups (broad SMARTS) is 1. The first-order valence-corrected chi connectivity index (χ1v) is 5.33. The predicted octanol–water partition coefficient (Wildman–Crippen LogP) is 1.50. The van der Waals surface area contributed by atoms with Crippen LogP contribution in [0.2, 0.25) is 0 Å². The molecule has 0 bridgehead atoms. The maximum atomic E-state index is 10.9. The molecule has 2 rings (SSSR count). The van der Waals surface area contributed by atoms with E-state index in [9.17, 15) is 9.90 Å². The highest BCUT2D eigenvalue weighted by atomic mass is 16.4. The Balaban J connectivity index is 2.64. The molecule has 4 heteroatoms. The number of carbonyl (C=O) groups is 1. The van der Waals surface area contributed by atoms with Crippen LogP contribution in [0.15, 0.2) is 6.07 Å². The number of nitrogens with zero attached hydrogens (tertiary/aromatic N) is 1. The number of rotatable bonds is 2. The molecule has 0 amide bonds. The summed E-state index contributed by atoms with van der Waals surface area (Å²) in [6.45, 7) is 3.98. The lowest BCUT2D eigenvalue weighted by atomic mass is 9.90. The van der Waals surface area contributed by atoms with E-state index in [4.69, 9.17) is 5.11 Å². The van der Waals surface area contributed by atoms with Crippen molar-refractivity contribution in [3.63, 3.8) is 0 Å². The lowest BCUT2D eigenvalue weighted by Crippen LogP contribution is -2.17. The highest BCUT2D eigenvalue weighted by Gasteiger charge is 2.33. The van der Waals surface area contributed by atoms with E-state index < -0.39 is 5.97 Å². The summed E-state index contributed by atoms with van der Waals surface area (Å²) < 4.78 is 0. The van der Waals surface area contributed by atoms with Crippen LogP contribution in [0.4, 0.5) is 0 Å². The molecule has 86 valence electrons. The van der Waals surface area contributed by atoms with Gasteiger partial charge in [-0.25, -0.2) is 9.78 Å². The average molecular weight is 221 g/mol. The van der Waals surface area contributed by atoms with Crippen molar-refractivity contribution in [1.82, 2.24) is 4.98 Å². The Morgan fingerprint density at radius 1 is 1.56 bits per heavy atom. The van der Waals surface area contributed by atoms with Gasteiger partial charge in [-0.2, -0.15) is 0 Å². The van der Waals surface area contributed by atoms with Crippen LogP contribution in [-0.2, 0) is 18.4 Å². The van der Waals surface area contributed by atoms with Crippen LogP contribution in [0.5, 0.6) is 0 Å². The van der Waals surface area contributed by atoms with E-state index in [1.165, 1.54) is 6.07 Å². The monoisotopic (exact) mass is 221 g/mol. The minimum absolute atomic E-state index is 0.0257. The average Bonchev–Trinajstić information content (AvgIpc) is 2.54. The van der Waals surface area contributed by atoms with Crippen LogP contribution in [0, 0.1) is 0 Å². The fourth-order valence-corrected chi connectivity index (χ4v) is 2.27. The molecule has 1 aliphatic carbocycles. The zero-order chi connectivity index (χ0) is 11.9. The SMILES string of the molecule is CC1(C)CCc2c(CO)cc(C(=O)O)nc21. The molecule has 1 aromatic heterocycles. The van der Waals surface area contributed by atoms with Gasteiger partial charge in [0.05, 0.1) is 12.3 Å². The first-order valence-electron chi connectivity index (χ1n) is 5.33. The number of fused-ring (bicyclic) bond motifs is 1. The highest BCUT2D eigenvalue weighted by molar-refractivity contribution is 5.85. The van der Waals surface area contributed by atoms with Gasteiger partial charge in [0.2, 0.25) is 0 Å². The number of aliphatic hydroxyl groups is 1. The molecule has 1 aliphatic rings. The molecule has 0 aromatic carbocycles. The van der Waals surface area contributed by atoms with Gasteiger partial charge in [0.25, 0.3) is 0 Å². The van der Waals surface area contributed by atoms with Gasteiger partial charge in [0.1, 0.15) is 5.69 Å². The molecule has 0 spiro atoms. The molecule has 0 radical (unpaired) electrons. The van der Waals surface area contributed by atoms with Crippen LogP contribution in [-0.4, -0.2) is 21.2 Å². The van der Waals surface area contributed by atoms with Crippen molar-refractivity contribution in [2.45, 2.75) is 38.7 Å². The number of pyridine rings is 1. The Morgan fingerprint density at radius 2 is 2.25 bits per heavy atom. The van der Waals surface area contributed by atoms with Gasteiger partial charge in [-0.1, -0.05) is 13.8 Å². The molecular formula is C12H15NO3. The van der Waals surface area contributed by atoms with Gasteiger partial charge in [-0.15, -0.1) is 0 Å². The number of aromatic nitrogens is 1. The number of carboxylic acids is 1. The Morgan fingerprint density at radius 3 is 2.81 bits per heavy atom. The van der Waals surface area contributed by atoms with Crippen molar-refractivity contribution in [2.24, 2.45) is 0 Å². The van der Waals surface area contributed by atoms with Gasteiger partial charge in [-0.3, -0.25) is 0 Å². The lowest BCUT2D eigenvalue weighted by Gasteiger charge is -2.18. The van der Waals surface area contributed by atoms with Crippen LogP contribution >= 0.6 is 0 Å². The summed E-state index contributed by atoms with van der Waals surface area (Å²) in [5.74, 6) is -1.04. The van der Waals surface area contributed by atoms with Gasteiger partial charge in [-0.05, 0) is 30.0 Å². The standard InChI is InChI=1S/C12H15NO3/c1-12(2)4-3-8-7(6-14)5-9(11(15)16)13-10(8)12/h5,14H,3-4,6H2,1-2H3,(H,15,16). The maximum Gasteiger partial charge on any atom is 0.354 e. The van der Waals surface area contributed by atoms with Crippen LogP contribution in [0.25, 0.3) is 0 Å². The van der Waals surface area contributed by atoms with Gasteiger partial charge in [0, 0.05) is 5.41 Å². The summed E-state index contributed by atoms with van der Waals surface area (Å²) >= 11 is 0. The largest absolute Gasteiger partial charge is 0.477 e. The second-order valence-electron chi connectivity index (χ2n) is 4.84. The third-order valence-corrected chi connectivity index (χ3v) is 3.25. The van der Waals surface area contributed by atoms with Crippen molar-refractivity contribution >= 4 is 5.97 Å². The molecule has 1 aromatic rings. The zero-order valence-corrected chi connectivity index (χ0v) is 9.45. The Labute approximate surface area is 93.9 Å². The first kappa shape index (κ1) is 11.1. The van der Waals surface area contributed by atoms with Crippen LogP contribution in [0.3, 0.4) is 0 Å². The Hall–Kier alpha value is -1.42. The quantitative estimate of drug-likeness (QED) is 0.793. The van der Waals surface area contributed by atoms with E-state index in [1.807, 2.05) is 0 Å². The summed E-state index contributed by atoms with van der Waals surface area (Å²) in [6, 6.07) is 1.47. The van der Waals surface area contributed by atoms with Crippen molar-refractivity contribution in [3.8, 4) is 0 Å². The lowest BCUT2D eigenvalue weighted by molar-refractivity contribution is 0.0690. The number of aromatic carboxylic acids is 1. The summed E-state index contributed by atoms with van der Waals surface area (Å²) in [4.78, 5) is 15.1. The van der Waals surface area contributed by atoms with Crippen LogP contribution in [0.1, 0.15) is 47.6 Å². The number of hydrogen-bond acceptors (Lipinski definition) is 3. The molecule has 0 atom stereocenters. The Kier molecular flexibility index (Phi) is 2.46. The molecule has 0 fully saturated rings. The normalized spacial score (nSPS) is 17.2. The molecule has 1 heterocycles. The third kappa shape index (κ3) is 1.59. The molecule has 0 unspecified atom stereocenters. The predicted molar refractivity (Wildman–Crippen MR) is 58.5 cm³/mol. The molecule has 16 heavy (non-hydrogen) atoms. The van der Waals surface area contributed by atoms with Crippen molar-refractivity contribution in [1.29, 1.82) is 0 Å². The minimum Gasteiger partial charge on any atom is -0.477 e. The smallest absolute Gasteiger partial charge is 0.354 e. The maximum absolute atomic E-state index is 10.9. The third-order valence-electron chi connectivity index (χ3n) is 3.25. The van der Waals surface area contributed by atoms with Crippen LogP contribution < -0.4 is 0 Å². The van der Waals surface area contributed by atoms with E-state index in [0.717, 1.165) is 24.1 Å². The molecule has 2 N–H and O–H groups in total. The molecule has 0 saturated heterocycles. The van der Waals surface area contributed by atoms with Gasteiger partial charge in [0.15, 0.2) is 0 Å². The van der Waals surface area contributed by atoms with E-state index in [1.54, 1.807) is 0 Å². The molecule has 0 saturated carbocycles. The van der Waals surface area contributed by atoms with Crippen molar-refractivity contribution in [2.75, 3.05) is 0 Å². The fourth-order valence-electron chi connectivity index (χ4n) is 2.27. The molecule has 4 nitrogen and oxygen atoms in total. The van der Waals surface area contributed by atoms with Crippen molar-refractivity contribution in [3.05, 3.63) is 28.6 Å². The van der Waals surface area contributed by atoms with E-state index >= 15 is 0 Å². The first-order chi connectivity index (χ1) is 7.45. The summed E-state index contributed by atoms with van der Waals surface area (Å²) in [5, 5.41) is 18.2. The summed E-state index contributed by atoms with van der Waals surface area (Å²) in [7, 11) is 0. The van der Waals surface area contributed by atoms with Gasteiger partial charge >= 0.3 is 5.97 Å². The van der Waals surface area contributed by atoms with E-state index in [2.05, 4.69) is 18.8 Å². The second-order valence-corrected chi connectivity index (χ2v) is 4.84. The number of aliphatic hydroxyl groups excluding tert-OH is 1. The molecule has 0 aliphatic heterocycles. The highest BCUT2D eigenvalue weighted by Crippen LogP contribution is 2.38. The second kappa shape index (κ2) is 3.56. The summed E-state index contributed by atoms with van der Waals surface area (Å²) in [5.41, 5.74) is 2.49. The Bertz CT molecular complexity index is 452.